The highest BCUT2D eigenvalue weighted by atomic mass is 16.6. The average Bonchev–Trinajstić information content (AvgIpc) is 3.08. The monoisotopic (exact) mass is 390 g/mol. The molecule has 1 aliphatic rings. The van der Waals surface area contributed by atoms with Crippen molar-refractivity contribution in [2.24, 2.45) is 17.3 Å². The van der Waals surface area contributed by atoms with E-state index in [1.807, 2.05) is 30.3 Å². The lowest BCUT2D eigenvalue weighted by Gasteiger charge is -2.35. The summed E-state index contributed by atoms with van der Waals surface area (Å²) in [6.07, 6.45) is 0.613. The van der Waals surface area contributed by atoms with Crippen LogP contribution in [-0.2, 0) is 30.3 Å². The molecule has 6 nitrogen and oxygen atoms in total. The molecule has 0 heterocycles. The van der Waals surface area contributed by atoms with E-state index >= 15 is 0 Å². The maximum absolute atomic E-state index is 12.7. The van der Waals surface area contributed by atoms with Crippen LogP contribution in [-0.4, -0.2) is 42.1 Å². The van der Waals surface area contributed by atoms with E-state index in [1.165, 1.54) is 6.92 Å². The van der Waals surface area contributed by atoms with Crippen molar-refractivity contribution in [2.45, 2.75) is 52.6 Å². The highest BCUT2D eigenvalue weighted by Gasteiger charge is 2.58. The Labute approximate surface area is 166 Å². The van der Waals surface area contributed by atoms with Gasteiger partial charge in [0, 0.05) is 12.3 Å². The summed E-state index contributed by atoms with van der Waals surface area (Å²) in [6.45, 7) is 5.04. The SMILES string of the molecule is CCOC(=O)C(C)(C(=O)OCC)[C@@H]1CCC(=O)[C@H]1C(O)CCc1ccccc1. The maximum atomic E-state index is 12.7. The summed E-state index contributed by atoms with van der Waals surface area (Å²) < 4.78 is 10.3. The summed E-state index contributed by atoms with van der Waals surface area (Å²) >= 11 is 0. The number of ether oxygens (including phenoxy) is 2. The van der Waals surface area contributed by atoms with Gasteiger partial charge in [0.2, 0.25) is 0 Å². The fraction of sp³-hybridized carbons (Fsp3) is 0.591. The number of benzene rings is 1. The third-order valence-corrected chi connectivity index (χ3v) is 5.63. The summed E-state index contributed by atoms with van der Waals surface area (Å²) in [4.78, 5) is 38.0. The Balaban J connectivity index is 2.24. The maximum Gasteiger partial charge on any atom is 0.323 e. The smallest absolute Gasteiger partial charge is 0.323 e. The van der Waals surface area contributed by atoms with Crippen molar-refractivity contribution in [2.75, 3.05) is 13.2 Å². The largest absolute Gasteiger partial charge is 0.465 e. The van der Waals surface area contributed by atoms with Crippen LogP contribution in [0.5, 0.6) is 0 Å². The molecule has 6 heteroatoms. The third-order valence-electron chi connectivity index (χ3n) is 5.63. The number of esters is 2. The summed E-state index contributed by atoms with van der Waals surface area (Å²) in [7, 11) is 0. The number of hydrogen-bond donors (Lipinski definition) is 1. The number of aliphatic hydroxyl groups is 1. The lowest BCUT2D eigenvalue weighted by molar-refractivity contribution is -0.177. The molecular formula is C22H30O6. The van der Waals surface area contributed by atoms with E-state index in [9.17, 15) is 19.5 Å². The molecule has 2 rings (SSSR count). The number of ketones is 1. The van der Waals surface area contributed by atoms with Crippen molar-refractivity contribution < 1.29 is 29.0 Å². The fourth-order valence-corrected chi connectivity index (χ4v) is 4.09. The highest BCUT2D eigenvalue weighted by Crippen LogP contribution is 2.46. The molecule has 1 aromatic carbocycles. The summed E-state index contributed by atoms with van der Waals surface area (Å²) in [5, 5.41) is 10.8. The number of rotatable bonds is 9. The summed E-state index contributed by atoms with van der Waals surface area (Å²) in [5.74, 6) is -2.96. The lowest BCUT2D eigenvalue weighted by atomic mass is 9.69. The van der Waals surface area contributed by atoms with Crippen LogP contribution in [0.1, 0.15) is 45.6 Å². The van der Waals surface area contributed by atoms with E-state index in [1.54, 1.807) is 13.8 Å². The lowest BCUT2D eigenvalue weighted by Crippen LogP contribution is -2.49. The van der Waals surface area contributed by atoms with Gasteiger partial charge in [0.25, 0.3) is 0 Å². The second kappa shape index (κ2) is 9.82. The van der Waals surface area contributed by atoms with Crippen LogP contribution in [0.2, 0.25) is 0 Å². The molecule has 3 atom stereocenters. The predicted molar refractivity (Wildman–Crippen MR) is 103 cm³/mol. The molecule has 0 aromatic heterocycles. The van der Waals surface area contributed by atoms with Crippen LogP contribution in [0.25, 0.3) is 0 Å². The minimum Gasteiger partial charge on any atom is -0.465 e. The summed E-state index contributed by atoms with van der Waals surface area (Å²) in [6, 6.07) is 9.68. The van der Waals surface area contributed by atoms with E-state index in [4.69, 9.17) is 9.47 Å². The first-order valence-electron chi connectivity index (χ1n) is 9.95. The van der Waals surface area contributed by atoms with Gasteiger partial charge in [-0.05, 0) is 51.5 Å². The van der Waals surface area contributed by atoms with Crippen molar-refractivity contribution in [3.63, 3.8) is 0 Å². The zero-order chi connectivity index (χ0) is 20.7. The van der Waals surface area contributed by atoms with Crippen molar-refractivity contribution in [3.05, 3.63) is 35.9 Å². The van der Waals surface area contributed by atoms with Crippen LogP contribution in [0.3, 0.4) is 0 Å². The number of aryl methyl sites for hydroxylation is 1. The van der Waals surface area contributed by atoms with Gasteiger partial charge >= 0.3 is 11.9 Å². The topological polar surface area (TPSA) is 89.9 Å². The van der Waals surface area contributed by atoms with Gasteiger partial charge in [0.05, 0.1) is 19.3 Å². The molecule has 1 fully saturated rings. The Morgan fingerprint density at radius 3 is 2.25 bits per heavy atom. The second-order valence-electron chi connectivity index (χ2n) is 7.37. The van der Waals surface area contributed by atoms with E-state index in [-0.39, 0.29) is 25.4 Å². The van der Waals surface area contributed by atoms with Gasteiger partial charge < -0.3 is 14.6 Å². The van der Waals surface area contributed by atoms with Crippen molar-refractivity contribution in [1.29, 1.82) is 0 Å². The van der Waals surface area contributed by atoms with Crippen LogP contribution in [0, 0.1) is 17.3 Å². The van der Waals surface area contributed by atoms with E-state index in [0.29, 0.717) is 19.3 Å². The quantitative estimate of drug-likeness (QED) is 0.515. The molecule has 1 N–H and O–H groups in total. The molecular weight excluding hydrogens is 360 g/mol. The number of aliphatic hydroxyl groups excluding tert-OH is 1. The highest BCUT2D eigenvalue weighted by molar-refractivity contribution is 6.01. The fourth-order valence-electron chi connectivity index (χ4n) is 4.09. The minimum atomic E-state index is -1.61. The molecule has 1 unspecified atom stereocenters. The van der Waals surface area contributed by atoms with E-state index < -0.39 is 35.3 Å². The molecule has 1 saturated carbocycles. The Hall–Kier alpha value is -2.21. The van der Waals surface area contributed by atoms with Gasteiger partial charge in [-0.2, -0.15) is 0 Å². The van der Waals surface area contributed by atoms with Crippen molar-refractivity contribution >= 4 is 17.7 Å². The van der Waals surface area contributed by atoms with Crippen LogP contribution < -0.4 is 0 Å². The van der Waals surface area contributed by atoms with Gasteiger partial charge in [-0.3, -0.25) is 14.4 Å². The third kappa shape index (κ3) is 4.61. The summed E-state index contributed by atoms with van der Waals surface area (Å²) in [5.41, 5.74) is -0.557. The second-order valence-corrected chi connectivity index (χ2v) is 7.37. The Morgan fingerprint density at radius 1 is 1.14 bits per heavy atom. The molecule has 154 valence electrons. The molecule has 0 spiro atoms. The Kier molecular flexibility index (Phi) is 7.75. The minimum absolute atomic E-state index is 0.120. The standard InChI is InChI=1S/C22H30O6/c1-4-27-20(25)22(3,21(26)28-5-2)16-12-14-18(24)19(16)17(23)13-11-15-9-7-6-8-10-15/h6-10,16-17,19,23H,4-5,11-14H2,1-3H3/t16-,17?,19-/m1/s1. The van der Waals surface area contributed by atoms with Gasteiger partial charge in [0.15, 0.2) is 5.41 Å². The van der Waals surface area contributed by atoms with Gasteiger partial charge in [0.1, 0.15) is 5.78 Å². The number of Topliss-reactive ketones (excluding diaryl/α,β-unsaturated/α-hetero) is 1. The van der Waals surface area contributed by atoms with Gasteiger partial charge in [-0.15, -0.1) is 0 Å². The number of hydrogen-bond acceptors (Lipinski definition) is 6. The van der Waals surface area contributed by atoms with Crippen LogP contribution >= 0.6 is 0 Å². The van der Waals surface area contributed by atoms with E-state index in [0.717, 1.165) is 5.56 Å². The zero-order valence-corrected chi connectivity index (χ0v) is 16.8. The molecule has 28 heavy (non-hydrogen) atoms. The Morgan fingerprint density at radius 2 is 1.71 bits per heavy atom. The molecule has 0 bridgehead atoms. The zero-order valence-electron chi connectivity index (χ0n) is 16.8. The van der Waals surface area contributed by atoms with Crippen LogP contribution in [0.4, 0.5) is 0 Å². The van der Waals surface area contributed by atoms with Crippen molar-refractivity contribution in [1.82, 2.24) is 0 Å². The van der Waals surface area contributed by atoms with E-state index in [2.05, 4.69) is 0 Å². The average molecular weight is 390 g/mol. The van der Waals surface area contributed by atoms with Gasteiger partial charge in [-0.25, -0.2) is 0 Å². The van der Waals surface area contributed by atoms with Gasteiger partial charge in [-0.1, -0.05) is 30.3 Å². The molecule has 0 saturated heterocycles. The normalized spacial score (nSPS) is 20.6. The molecule has 0 radical (unpaired) electrons. The molecule has 0 aliphatic heterocycles. The molecule has 1 aromatic rings. The molecule has 1 aliphatic carbocycles. The predicted octanol–water partition coefficient (Wildman–Crippen LogP) is 2.71. The first kappa shape index (κ1) is 22.1. The Bertz CT molecular complexity index is 666. The molecule has 0 amide bonds. The van der Waals surface area contributed by atoms with Crippen molar-refractivity contribution in [3.8, 4) is 0 Å². The first-order chi connectivity index (χ1) is 13.4. The number of carbonyl (C=O) groups excluding carboxylic acids is 3. The first-order valence-corrected chi connectivity index (χ1v) is 9.95. The number of carbonyl (C=O) groups is 3. The van der Waals surface area contributed by atoms with Crippen LogP contribution in [0.15, 0.2) is 30.3 Å².